The van der Waals surface area contributed by atoms with E-state index in [1.54, 1.807) is 24.4 Å². The predicted molar refractivity (Wildman–Crippen MR) is 127 cm³/mol. The molecular weight excluding hydrogens is 418 g/mol. The van der Waals surface area contributed by atoms with Gasteiger partial charge in [-0.05, 0) is 56.2 Å². The third-order valence-electron chi connectivity index (χ3n) is 6.77. The van der Waals surface area contributed by atoms with Gasteiger partial charge in [0, 0.05) is 38.1 Å². The summed E-state index contributed by atoms with van der Waals surface area (Å²) in [4.78, 5) is 41.2. The summed E-state index contributed by atoms with van der Waals surface area (Å²) < 4.78 is 7.11. The Labute approximate surface area is 194 Å². The van der Waals surface area contributed by atoms with Crippen molar-refractivity contribution >= 4 is 11.8 Å². The van der Waals surface area contributed by atoms with Gasteiger partial charge in [0.1, 0.15) is 16.9 Å². The molecule has 1 saturated heterocycles. The molecule has 2 amide bonds. The highest BCUT2D eigenvalue weighted by atomic mass is 16.5. The number of rotatable bonds is 7. The van der Waals surface area contributed by atoms with Crippen LogP contribution in [-0.2, 0) is 6.42 Å². The van der Waals surface area contributed by atoms with E-state index in [1.807, 2.05) is 28.8 Å². The van der Waals surface area contributed by atoms with Crippen molar-refractivity contribution in [1.29, 1.82) is 0 Å². The molecule has 1 aliphatic heterocycles. The molecule has 1 N–H and O–H groups in total. The van der Waals surface area contributed by atoms with Crippen molar-refractivity contribution in [3.63, 3.8) is 0 Å². The van der Waals surface area contributed by atoms with Crippen molar-refractivity contribution < 1.29 is 14.3 Å². The molecule has 4 rings (SSSR count). The molecule has 0 unspecified atom stereocenters. The zero-order valence-corrected chi connectivity index (χ0v) is 19.3. The van der Waals surface area contributed by atoms with E-state index in [2.05, 4.69) is 5.32 Å². The molecule has 1 aliphatic carbocycles. The molecule has 2 fully saturated rings. The zero-order chi connectivity index (χ0) is 23.2. The number of amides is 2. The predicted octanol–water partition coefficient (Wildman–Crippen LogP) is 3.57. The number of hydrogen-bond donors (Lipinski definition) is 1. The number of nitrogens with one attached hydrogen (secondary N) is 1. The van der Waals surface area contributed by atoms with Crippen molar-refractivity contribution in [3.05, 3.63) is 63.6 Å². The fourth-order valence-electron chi connectivity index (χ4n) is 4.80. The lowest BCUT2D eigenvalue weighted by Gasteiger charge is -2.27. The summed E-state index contributed by atoms with van der Waals surface area (Å²) in [5.41, 5.74) is 0.765. The molecule has 2 aliphatic rings. The van der Waals surface area contributed by atoms with Crippen molar-refractivity contribution in [2.45, 2.75) is 57.4 Å². The average Bonchev–Trinajstić information content (AvgIpc) is 3.40. The Hall–Kier alpha value is -3.09. The maximum Gasteiger partial charge on any atom is 0.259 e. The molecule has 33 heavy (non-hydrogen) atoms. The molecule has 2 heterocycles. The largest absolute Gasteiger partial charge is 0.497 e. The number of methoxy groups -OCH3 is 1. The summed E-state index contributed by atoms with van der Waals surface area (Å²) >= 11 is 0. The highest BCUT2D eigenvalue weighted by molar-refractivity contribution is 5.99. The van der Waals surface area contributed by atoms with E-state index < -0.39 is 11.3 Å². The topological polar surface area (TPSA) is 80.6 Å². The van der Waals surface area contributed by atoms with Gasteiger partial charge in [0.05, 0.1) is 7.11 Å². The summed E-state index contributed by atoms with van der Waals surface area (Å²) in [5, 5.41) is 2.87. The number of ether oxygens (including phenoxy) is 1. The van der Waals surface area contributed by atoms with E-state index >= 15 is 0 Å². The van der Waals surface area contributed by atoms with Crippen LogP contribution in [0.4, 0.5) is 0 Å². The Bertz CT molecular complexity index is 1030. The third-order valence-corrected chi connectivity index (χ3v) is 6.77. The molecule has 1 aromatic heterocycles. The van der Waals surface area contributed by atoms with Crippen LogP contribution in [0.2, 0.25) is 0 Å². The van der Waals surface area contributed by atoms with Crippen LogP contribution in [-0.4, -0.2) is 48.0 Å². The number of carbonyl (C=O) groups is 2. The van der Waals surface area contributed by atoms with Gasteiger partial charge in [0.2, 0.25) is 5.43 Å². The zero-order valence-electron chi connectivity index (χ0n) is 19.3. The van der Waals surface area contributed by atoms with E-state index in [0.29, 0.717) is 26.1 Å². The monoisotopic (exact) mass is 451 g/mol. The van der Waals surface area contributed by atoms with Crippen LogP contribution in [0.3, 0.4) is 0 Å². The molecule has 2 aromatic rings. The van der Waals surface area contributed by atoms with Gasteiger partial charge in [-0.25, -0.2) is 0 Å². The van der Waals surface area contributed by atoms with Gasteiger partial charge >= 0.3 is 0 Å². The SMILES string of the molecule is COc1ccc(CCNC(=O)c2cn(C3CCCC3)cc(C(=O)N3CCCCC3)c2=O)cc1. The first-order valence-corrected chi connectivity index (χ1v) is 12.0. The number of pyridine rings is 1. The van der Waals surface area contributed by atoms with Crippen LogP contribution >= 0.6 is 0 Å². The lowest BCUT2D eigenvalue weighted by atomic mass is 10.1. The lowest BCUT2D eigenvalue weighted by molar-refractivity contribution is 0.0722. The van der Waals surface area contributed by atoms with Crippen LogP contribution in [0.25, 0.3) is 0 Å². The van der Waals surface area contributed by atoms with Crippen LogP contribution in [0.15, 0.2) is 41.5 Å². The molecular formula is C26H33N3O4. The summed E-state index contributed by atoms with van der Waals surface area (Å²) in [6, 6.07) is 7.90. The average molecular weight is 452 g/mol. The number of likely N-dealkylation sites (tertiary alicyclic amines) is 1. The fraction of sp³-hybridized carbons (Fsp3) is 0.500. The first kappa shape index (κ1) is 23.1. The van der Waals surface area contributed by atoms with E-state index in [0.717, 1.165) is 56.3 Å². The summed E-state index contributed by atoms with van der Waals surface area (Å²) in [7, 11) is 1.62. The molecule has 7 nitrogen and oxygen atoms in total. The number of carbonyl (C=O) groups excluding carboxylic acids is 2. The number of nitrogens with zero attached hydrogens (tertiary/aromatic N) is 2. The number of piperidine rings is 1. The van der Waals surface area contributed by atoms with Crippen LogP contribution in [0.1, 0.15) is 77.3 Å². The van der Waals surface area contributed by atoms with Gasteiger partial charge in [-0.15, -0.1) is 0 Å². The van der Waals surface area contributed by atoms with Crippen molar-refractivity contribution in [1.82, 2.24) is 14.8 Å². The Balaban J connectivity index is 1.53. The van der Waals surface area contributed by atoms with Crippen LogP contribution in [0, 0.1) is 0 Å². The van der Waals surface area contributed by atoms with Crippen molar-refractivity contribution in [2.75, 3.05) is 26.7 Å². The van der Waals surface area contributed by atoms with Crippen molar-refractivity contribution in [2.24, 2.45) is 0 Å². The second kappa shape index (κ2) is 10.7. The minimum Gasteiger partial charge on any atom is -0.497 e. The number of benzene rings is 1. The van der Waals surface area contributed by atoms with Gasteiger partial charge in [0.25, 0.3) is 11.8 Å². The molecule has 0 spiro atoms. The number of hydrogen-bond acceptors (Lipinski definition) is 4. The maximum absolute atomic E-state index is 13.2. The van der Waals surface area contributed by atoms with E-state index in [9.17, 15) is 14.4 Å². The second-order valence-corrected chi connectivity index (χ2v) is 9.01. The molecule has 0 atom stereocenters. The normalized spacial score (nSPS) is 16.6. The fourth-order valence-corrected chi connectivity index (χ4v) is 4.80. The summed E-state index contributed by atoms with van der Waals surface area (Å²) in [6.45, 7) is 1.73. The Kier molecular flexibility index (Phi) is 7.47. The third kappa shape index (κ3) is 5.46. The second-order valence-electron chi connectivity index (χ2n) is 9.01. The molecule has 1 saturated carbocycles. The Morgan fingerprint density at radius 3 is 2.30 bits per heavy atom. The van der Waals surface area contributed by atoms with Gasteiger partial charge in [-0.2, -0.15) is 0 Å². The summed E-state index contributed by atoms with van der Waals surface area (Å²) in [5.74, 6) is 0.110. The van der Waals surface area contributed by atoms with E-state index in [1.165, 1.54) is 0 Å². The minimum atomic E-state index is -0.471. The lowest BCUT2D eigenvalue weighted by Crippen LogP contribution is -2.40. The molecule has 176 valence electrons. The van der Waals surface area contributed by atoms with E-state index in [4.69, 9.17) is 4.74 Å². The quantitative estimate of drug-likeness (QED) is 0.698. The molecule has 7 heteroatoms. The van der Waals surface area contributed by atoms with Crippen molar-refractivity contribution in [3.8, 4) is 5.75 Å². The van der Waals surface area contributed by atoms with Gasteiger partial charge in [-0.1, -0.05) is 25.0 Å². The first-order valence-electron chi connectivity index (χ1n) is 12.0. The van der Waals surface area contributed by atoms with Gasteiger partial charge < -0.3 is 19.5 Å². The number of aromatic nitrogens is 1. The highest BCUT2D eigenvalue weighted by Crippen LogP contribution is 2.29. The smallest absolute Gasteiger partial charge is 0.259 e. The van der Waals surface area contributed by atoms with Gasteiger partial charge in [-0.3, -0.25) is 14.4 Å². The Morgan fingerprint density at radius 1 is 0.970 bits per heavy atom. The van der Waals surface area contributed by atoms with Crippen LogP contribution in [0.5, 0.6) is 5.75 Å². The van der Waals surface area contributed by atoms with Gasteiger partial charge in [0.15, 0.2) is 0 Å². The standard InChI is InChI=1S/C26H33N3O4/c1-33-21-11-9-19(10-12-21)13-14-27-25(31)22-17-29(20-7-3-4-8-20)18-23(24(22)30)26(32)28-15-5-2-6-16-28/h9-12,17-18,20H,2-8,13-16H2,1H3,(H,27,31). The molecule has 1 aromatic carbocycles. The minimum absolute atomic E-state index is 0.0551. The summed E-state index contributed by atoms with van der Waals surface area (Å²) in [6.07, 6.45) is 11.2. The Morgan fingerprint density at radius 2 is 1.64 bits per heavy atom. The highest BCUT2D eigenvalue weighted by Gasteiger charge is 2.26. The maximum atomic E-state index is 13.2. The van der Waals surface area contributed by atoms with Crippen LogP contribution < -0.4 is 15.5 Å². The first-order chi connectivity index (χ1) is 16.1. The molecule has 0 bridgehead atoms. The van der Waals surface area contributed by atoms with E-state index in [-0.39, 0.29) is 23.1 Å². The molecule has 0 radical (unpaired) electrons.